The lowest BCUT2D eigenvalue weighted by Gasteiger charge is -2.17. The normalized spacial score (nSPS) is 11.7. The predicted molar refractivity (Wildman–Crippen MR) is 72.7 cm³/mol. The largest absolute Gasteiger partial charge is 0.310 e. The standard InChI is InChI=1S/C15H22N2/c1-4-6-7-8-15(16-11-5-2)14-10-9-13(3)17-12-14/h9-10,12,15-16H,5,7-8,11H2,1-3H3. The molecule has 0 aliphatic heterocycles. The first kappa shape index (κ1) is 13.7. The van der Waals surface area contributed by atoms with E-state index < -0.39 is 0 Å². The quantitative estimate of drug-likeness (QED) is 0.759. The molecule has 0 aromatic carbocycles. The topological polar surface area (TPSA) is 24.9 Å². The van der Waals surface area contributed by atoms with Gasteiger partial charge in [0.25, 0.3) is 0 Å². The molecule has 17 heavy (non-hydrogen) atoms. The van der Waals surface area contributed by atoms with Crippen LogP contribution in [-0.4, -0.2) is 11.5 Å². The Labute approximate surface area is 105 Å². The van der Waals surface area contributed by atoms with Crippen LogP contribution in [0.5, 0.6) is 0 Å². The second kappa shape index (κ2) is 7.86. The van der Waals surface area contributed by atoms with Crippen LogP contribution >= 0.6 is 0 Å². The molecule has 1 N–H and O–H groups in total. The van der Waals surface area contributed by atoms with Gasteiger partial charge < -0.3 is 5.32 Å². The minimum atomic E-state index is 0.379. The van der Waals surface area contributed by atoms with Crippen LogP contribution in [-0.2, 0) is 0 Å². The van der Waals surface area contributed by atoms with Crippen molar-refractivity contribution in [2.75, 3.05) is 6.54 Å². The summed E-state index contributed by atoms with van der Waals surface area (Å²) in [6.45, 7) is 7.13. The van der Waals surface area contributed by atoms with E-state index in [0.29, 0.717) is 6.04 Å². The highest BCUT2D eigenvalue weighted by atomic mass is 14.9. The average molecular weight is 230 g/mol. The third kappa shape index (κ3) is 5.01. The Balaban J connectivity index is 2.65. The first-order valence-corrected chi connectivity index (χ1v) is 6.33. The minimum absolute atomic E-state index is 0.379. The summed E-state index contributed by atoms with van der Waals surface area (Å²) in [7, 11) is 0. The summed E-state index contributed by atoms with van der Waals surface area (Å²) in [6.07, 6.45) is 5.11. The summed E-state index contributed by atoms with van der Waals surface area (Å²) in [5.74, 6) is 6.07. The molecular formula is C15H22N2. The Morgan fingerprint density at radius 2 is 2.24 bits per heavy atom. The average Bonchev–Trinajstić information content (AvgIpc) is 2.35. The van der Waals surface area contributed by atoms with Crippen LogP contribution < -0.4 is 5.32 Å². The van der Waals surface area contributed by atoms with Gasteiger partial charge in [-0.15, -0.1) is 11.8 Å². The number of aryl methyl sites for hydroxylation is 1. The molecule has 1 rings (SSSR count). The van der Waals surface area contributed by atoms with Crippen molar-refractivity contribution in [3.8, 4) is 11.8 Å². The zero-order chi connectivity index (χ0) is 12.5. The number of nitrogens with one attached hydrogen (secondary N) is 1. The minimum Gasteiger partial charge on any atom is -0.310 e. The Hall–Kier alpha value is -1.33. The zero-order valence-electron chi connectivity index (χ0n) is 11.1. The van der Waals surface area contributed by atoms with Crippen LogP contribution in [0.2, 0.25) is 0 Å². The zero-order valence-corrected chi connectivity index (χ0v) is 11.1. The van der Waals surface area contributed by atoms with E-state index in [1.54, 1.807) is 0 Å². The first-order chi connectivity index (χ1) is 8.27. The molecule has 0 saturated heterocycles. The van der Waals surface area contributed by atoms with Gasteiger partial charge >= 0.3 is 0 Å². The van der Waals surface area contributed by atoms with Crippen molar-refractivity contribution in [1.29, 1.82) is 0 Å². The lowest BCUT2D eigenvalue weighted by Crippen LogP contribution is -2.22. The lowest BCUT2D eigenvalue weighted by molar-refractivity contribution is 0.504. The molecule has 2 heteroatoms. The fourth-order valence-electron chi connectivity index (χ4n) is 1.73. The SMILES string of the molecule is CC#CCCC(NCCC)c1ccc(C)nc1. The van der Waals surface area contributed by atoms with Gasteiger partial charge in [0.1, 0.15) is 0 Å². The first-order valence-electron chi connectivity index (χ1n) is 6.33. The predicted octanol–water partition coefficient (Wildman–Crippen LogP) is 3.23. The highest BCUT2D eigenvalue weighted by molar-refractivity contribution is 5.17. The maximum atomic E-state index is 4.36. The fraction of sp³-hybridized carbons (Fsp3) is 0.533. The smallest absolute Gasteiger partial charge is 0.0372 e. The maximum absolute atomic E-state index is 4.36. The molecule has 0 fully saturated rings. The number of nitrogens with zero attached hydrogens (tertiary/aromatic N) is 1. The van der Waals surface area contributed by atoms with Gasteiger partial charge in [-0.3, -0.25) is 4.98 Å². The second-order valence-electron chi connectivity index (χ2n) is 4.21. The highest BCUT2D eigenvalue weighted by Crippen LogP contribution is 2.17. The summed E-state index contributed by atoms with van der Waals surface area (Å²) in [4.78, 5) is 4.36. The molecule has 1 aromatic rings. The monoisotopic (exact) mass is 230 g/mol. The summed E-state index contributed by atoms with van der Waals surface area (Å²) in [6, 6.07) is 4.61. The van der Waals surface area contributed by atoms with E-state index in [1.807, 2.05) is 20.0 Å². The molecule has 1 heterocycles. The maximum Gasteiger partial charge on any atom is 0.0372 e. The summed E-state index contributed by atoms with van der Waals surface area (Å²) in [5, 5.41) is 3.56. The van der Waals surface area contributed by atoms with Crippen LogP contribution in [0.15, 0.2) is 18.3 Å². The van der Waals surface area contributed by atoms with E-state index in [0.717, 1.165) is 31.5 Å². The molecule has 0 radical (unpaired) electrons. The number of aromatic nitrogens is 1. The highest BCUT2D eigenvalue weighted by Gasteiger charge is 2.09. The van der Waals surface area contributed by atoms with Crippen molar-refractivity contribution in [1.82, 2.24) is 10.3 Å². The van der Waals surface area contributed by atoms with E-state index in [9.17, 15) is 0 Å². The summed E-state index contributed by atoms with van der Waals surface area (Å²) < 4.78 is 0. The molecule has 0 spiro atoms. The van der Waals surface area contributed by atoms with Gasteiger partial charge in [-0.25, -0.2) is 0 Å². The molecule has 1 atom stereocenters. The fourth-order valence-corrected chi connectivity index (χ4v) is 1.73. The van der Waals surface area contributed by atoms with Crippen molar-refractivity contribution in [3.05, 3.63) is 29.6 Å². The number of rotatable bonds is 6. The van der Waals surface area contributed by atoms with Crippen LogP contribution in [0.3, 0.4) is 0 Å². The molecule has 0 saturated carbocycles. The summed E-state index contributed by atoms with van der Waals surface area (Å²) >= 11 is 0. The molecule has 2 nitrogen and oxygen atoms in total. The van der Waals surface area contributed by atoms with E-state index in [4.69, 9.17) is 0 Å². The Bertz CT molecular complexity index is 370. The third-order valence-corrected chi connectivity index (χ3v) is 2.71. The Morgan fingerprint density at radius 1 is 1.41 bits per heavy atom. The van der Waals surface area contributed by atoms with Crippen molar-refractivity contribution in [2.45, 2.75) is 46.1 Å². The van der Waals surface area contributed by atoms with Crippen LogP contribution in [0.25, 0.3) is 0 Å². The van der Waals surface area contributed by atoms with Crippen LogP contribution in [0.4, 0.5) is 0 Å². The van der Waals surface area contributed by atoms with Crippen molar-refractivity contribution >= 4 is 0 Å². The molecule has 1 aromatic heterocycles. The van der Waals surface area contributed by atoms with E-state index >= 15 is 0 Å². The molecule has 0 aliphatic rings. The van der Waals surface area contributed by atoms with Gasteiger partial charge in [0.15, 0.2) is 0 Å². The Morgan fingerprint density at radius 3 is 2.82 bits per heavy atom. The molecule has 0 bridgehead atoms. The molecule has 0 amide bonds. The number of hydrogen-bond donors (Lipinski definition) is 1. The van der Waals surface area contributed by atoms with Gasteiger partial charge in [-0.1, -0.05) is 13.0 Å². The van der Waals surface area contributed by atoms with Gasteiger partial charge in [0.05, 0.1) is 0 Å². The van der Waals surface area contributed by atoms with E-state index in [2.05, 4.69) is 41.2 Å². The molecule has 1 unspecified atom stereocenters. The van der Waals surface area contributed by atoms with Crippen LogP contribution in [0.1, 0.15) is 50.4 Å². The third-order valence-electron chi connectivity index (χ3n) is 2.71. The second-order valence-corrected chi connectivity index (χ2v) is 4.21. The van der Waals surface area contributed by atoms with Crippen molar-refractivity contribution in [3.63, 3.8) is 0 Å². The van der Waals surface area contributed by atoms with Crippen molar-refractivity contribution in [2.24, 2.45) is 0 Å². The van der Waals surface area contributed by atoms with E-state index in [-0.39, 0.29) is 0 Å². The van der Waals surface area contributed by atoms with Gasteiger partial charge in [0.2, 0.25) is 0 Å². The van der Waals surface area contributed by atoms with Gasteiger partial charge in [-0.2, -0.15) is 0 Å². The van der Waals surface area contributed by atoms with Crippen LogP contribution in [0, 0.1) is 18.8 Å². The van der Waals surface area contributed by atoms with Gasteiger partial charge in [0, 0.05) is 24.4 Å². The van der Waals surface area contributed by atoms with Gasteiger partial charge in [-0.05, 0) is 44.9 Å². The van der Waals surface area contributed by atoms with E-state index in [1.165, 1.54) is 5.56 Å². The van der Waals surface area contributed by atoms with Crippen molar-refractivity contribution < 1.29 is 0 Å². The molecule has 0 aliphatic carbocycles. The lowest BCUT2D eigenvalue weighted by atomic mass is 10.0. The molecular weight excluding hydrogens is 208 g/mol. The number of hydrogen-bond acceptors (Lipinski definition) is 2. The Kier molecular flexibility index (Phi) is 6.35. The summed E-state index contributed by atoms with van der Waals surface area (Å²) in [5.41, 5.74) is 2.33. The number of pyridine rings is 1. The molecule has 92 valence electrons.